The Morgan fingerprint density at radius 1 is 1.27 bits per heavy atom. The molecule has 2 aliphatic rings. The van der Waals surface area contributed by atoms with Crippen LogP contribution in [-0.2, 0) is 4.79 Å². The third kappa shape index (κ3) is 2.18. The van der Waals surface area contributed by atoms with Gasteiger partial charge >= 0.3 is 0 Å². The number of rotatable bonds is 2. The minimum Gasteiger partial charge on any atom is -0.485 e. The van der Waals surface area contributed by atoms with Gasteiger partial charge in [0.1, 0.15) is 6.61 Å². The van der Waals surface area contributed by atoms with Crippen molar-refractivity contribution in [3.05, 3.63) is 36.0 Å². The van der Waals surface area contributed by atoms with Crippen molar-refractivity contribution in [1.82, 2.24) is 15.0 Å². The van der Waals surface area contributed by atoms with E-state index >= 15 is 0 Å². The molecule has 1 saturated heterocycles. The zero-order valence-electron chi connectivity index (χ0n) is 12.1. The van der Waals surface area contributed by atoms with E-state index in [-0.39, 0.29) is 18.4 Å². The average molecular weight is 301 g/mol. The number of aromatic nitrogens is 2. The summed E-state index contributed by atoms with van der Waals surface area (Å²) in [5.74, 6) is 2.53. The van der Waals surface area contributed by atoms with Gasteiger partial charge in [-0.1, -0.05) is 17.3 Å². The molecule has 2 aromatic rings. The van der Waals surface area contributed by atoms with Crippen LogP contribution in [0.25, 0.3) is 0 Å². The molecule has 7 heteroatoms. The second kappa shape index (κ2) is 5.01. The Labute approximate surface area is 126 Å². The Bertz CT molecular complexity index is 708. The highest BCUT2D eigenvalue weighted by Crippen LogP contribution is 2.33. The summed E-state index contributed by atoms with van der Waals surface area (Å²) >= 11 is 0. The molecule has 7 nitrogen and oxygen atoms in total. The van der Waals surface area contributed by atoms with Gasteiger partial charge < -0.3 is 18.9 Å². The highest BCUT2D eigenvalue weighted by molar-refractivity contribution is 5.82. The van der Waals surface area contributed by atoms with Gasteiger partial charge in [0.25, 0.3) is 5.91 Å². The van der Waals surface area contributed by atoms with Gasteiger partial charge in [0.05, 0.1) is 5.92 Å². The summed E-state index contributed by atoms with van der Waals surface area (Å²) in [7, 11) is 0. The van der Waals surface area contributed by atoms with Crippen molar-refractivity contribution in [2.24, 2.45) is 0 Å². The third-order valence-corrected chi connectivity index (χ3v) is 3.87. The summed E-state index contributed by atoms with van der Waals surface area (Å²) in [6.07, 6.45) is -0.597. The van der Waals surface area contributed by atoms with Gasteiger partial charge in [0, 0.05) is 13.1 Å². The highest BCUT2D eigenvalue weighted by atomic mass is 16.6. The average Bonchev–Trinajstić information content (AvgIpc) is 2.91. The molecule has 1 aromatic heterocycles. The second-order valence-electron chi connectivity index (χ2n) is 5.48. The third-order valence-electron chi connectivity index (χ3n) is 3.87. The Balaban J connectivity index is 1.38. The van der Waals surface area contributed by atoms with Crippen molar-refractivity contribution >= 4 is 5.91 Å². The van der Waals surface area contributed by atoms with Crippen LogP contribution in [0.4, 0.5) is 0 Å². The maximum absolute atomic E-state index is 12.4. The lowest BCUT2D eigenvalue weighted by molar-refractivity contribution is -0.146. The van der Waals surface area contributed by atoms with E-state index in [0.29, 0.717) is 36.3 Å². The van der Waals surface area contributed by atoms with Crippen LogP contribution >= 0.6 is 0 Å². The summed E-state index contributed by atoms with van der Waals surface area (Å²) in [5.41, 5.74) is 0. The van der Waals surface area contributed by atoms with Crippen LogP contribution in [0.5, 0.6) is 11.5 Å². The molecule has 1 aromatic carbocycles. The fraction of sp³-hybridized carbons (Fsp3) is 0.400. The Kier molecular flexibility index (Phi) is 2.99. The van der Waals surface area contributed by atoms with E-state index in [1.165, 1.54) is 0 Å². The molecule has 4 rings (SSSR count). The molecule has 1 unspecified atom stereocenters. The number of amides is 1. The van der Waals surface area contributed by atoms with Gasteiger partial charge in [-0.3, -0.25) is 4.79 Å². The van der Waals surface area contributed by atoms with Gasteiger partial charge in [-0.25, -0.2) is 0 Å². The van der Waals surface area contributed by atoms with E-state index in [1.54, 1.807) is 17.9 Å². The summed E-state index contributed by atoms with van der Waals surface area (Å²) in [4.78, 5) is 18.4. The fourth-order valence-electron chi connectivity index (χ4n) is 2.64. The zero-order chi connectivity index (χ0) is 15.1. The van der Waals surface area contributed by atoms with Gasteiger partial charge in [0.2, 0.25) is 12.0 Å². The Morgan fingerprint density at radius 3 is 2.77 bits per heavy atom. The van der Waals surface area contributed by atoms with Crippen LogP contribution < -0.4 is 9.47 Å². The lowest BCUT2D eigenvalue weighted by atomic mass is 9.99. The molecule has 0 N–H and O–H groups in total. The molecule has 22 heavy (non-hydrogen) atoms. The molecular formula is C15H15N3O4. The summed E-state index contributed by atoms with van der Waals surface area (Å²) < 4.78 is 16.4. The number of hydrogen-bond donors (Lipinski definition) is 0. The molecule has 0 saturated carbocycles. The van der Waals surface area contributed by atoms with Crippen molar-refractivity contribution in [2.45, 2.75) is 18.9 Å². The molecule has 1 atom stereocenters. The van der Waals surface area contributed by atoms with Crippen LogP contribution in [0.15, 0.2) is 28.8 Å². The lowest BCUT2D eigenvalue weighted by Crippen LogP contribution is -2.55. The SMILES string of the molecule is Cc1noc(C2CN(C(=O)C3COc4ccccc4O3)C2)n1. The first kappa shape index (κ1) is 13.1. The monoisotopic (exact) mass is 301 g/mol. The molecule has 0 aliphatic carbocycles. The van der Waals surface area contributed by atoms with Crippen molar-refractivity contribution in [2.75, 3.05) is 19.7 Å². The molecule has 1 amide bonds. The number of nitrogens with zero attached hydrogens (tertiary/aromatic N) is 3. The normalized spacial score (nSPS) is 20.6. The largest absolute Gasteiger partial charge is 0.485 e. The number of para-hydroxylation sites is 2. The van der Waals surface area contributed by atoms with Crippen LogP contribution in [0.2, 0.25) is 0 Å². The minimum atomic E-state index is -0.597. The van der Waals surface area contributed by atoms with Crippen molar-refractivity contribution in [1.29, 1.82) is 0 Å². The van der Waals surface area contributed by atoms with E-state index in [4.69, 9.17) is 14.0 Å². The van der Waals surface area contributed by atoms with E-state index < -0.39 is 6.10 Å². The minimum absolute atomic E-state index is 0.0676. The smallest absolute Gasteiger partial charge is 0.267 e. The Hall–Kier alpha value is -2.57. The maximum Gasteiger partial charge on any atom is 0.267 e. The first-order chi connectivity index (χ1) is 10.7. The number of fused-ring (bicyclic) bond motifs is 1. The van der Waals surface area contributed by atoms with Gasteiger partial charge in [-0.05, 0) is 19.1 Å². The first-order valence-electron chi connectivity index (χ1n) is 7.18. The Morgan fingerprint density at radius 2 is 2.05 bits per heavy atom. The summed E-state index contributed by atoms with van der Waals surface area (Å²) in [6, 6.07) is 7.35. The van der Waals surface area contributed by atoms with E-state index in [2.05, 4.69) is 10.1 Å². The summed E-state index contributed by atoms with van der Waals surface area (Å²) in [6.45, 7) is 3.15. The molecule has 1 fully saturated rings. The molecular weight excluding hydrogens is 286 g/mol. The number of carbonyl (C=O) groups is 1. The molecule has 2 aliphatic heterocycles. The second-order valence-corrected chi connectivity index (χ2v) is 5.48. The van der Waals surface area contributed by atoms with Crippen LogP contribution in [0.3, 0.4) is 0 Å². The quantitative estimate of drug-likeness (QED) is 0.828. The number of benzene rings is 1. The van der Waals surface area contributed by atoms with E-state index in [9.17, 15) is 4.79 Å². The summed E-state index contributed by atoms with van der Waals surface area (Å²) in [5, 5.41) is 3.77. The van der Waals surface area contributed by atoms with Crippen LogP contribution in [0, 0.1) is 6.92 Å². The van der Waals surface area contributed by atoms with Crippen molar-refractivity contribution in [3.63, 3.8) is 0 Å². The molecule has 3 heterocycles. The van der Waals surface area contributed by atoms with E-state index in [0.717, 1.165) is 0 Å². The highest BCUT2D eigenvalue weighted by Gasteiger charge is 2.40. The molecule has 114 valence electrons. The van der Waals surface area contributed by atoms with Gasteiger partial charge in [-0.15, -0.1) is 0 Å². The number of likely N-dealkylation sites (tertiary alicyclic amines) is 1. The van der Waals surface area contributed by atoms with Crippen LogP contribution in [-0.4, -0.2) is 46.7 Å². The number of ether oxygens (including phenoxy) is 2. The number of aryl methyl sites for hydroxylation is 1. The van der Waals surface area contributed by atoms with Crippen LogP contribution in [0.1, 0.15) is 17.6 Å². The standard InChI is InChI=1S/C15H15N3O4/c1-9-16-14(22-17-9)10-6-18(7-10)15(19)13-8-20-11-4-2-3-5-12(11)21-13/h2-5,10,13H,6-8H2,1H3. The predicted octanol–water partition coefficient (Wildman–Crippen LogP) is 1.14. The maximum atomic E-state index is 12.4. The number of hydrogen-bond acceptors (Lipinski definition) is 6. The first-order valence-corrected chi connectivity index (χ1v) is 7.18. The number of carbonyl (C=O) groups excluding carboxylic acids is 1. The fourth-order valence-corrected chi connectivity index (χ4v) is 2.64. The topological polar surface area (TPSA) is 77.7 Å². The van der Waals surface area contributed by atoms with Crippen molar-refractivity contribution in [3.8, 4) is 11.5 Å². The van der Waals surface area contributed by atoms with Gasteiger partial charge in [-0.2, -0.15) is 4.98 Å². The van der Waals surface area contributed by atoms with Crippen molar-refractivity contribution < 1.29 is 18.8 Å². The van der Waals surface area contributed by atoms with E-state index in [1.807, 2.05) is 18.2 Å². The lowest BCUT2D eigenvalue weighted by Gasteiger charge is -2.39. The predicted molar refractivity (Wildman–Crippen MR) is 74.7 cm³/mol. The zero-order valence-corrected chi connectivity index (χ0v) is 12.1. The molecule has 0 radical (unpaired) electrons. The van der Waals surface area contributed by atoms with Gasteiger partial charge in [0.15, 0.2) is 17.3 Å². The molecule has 0 spiro atoms. The molecule has 0 bridgehead atoms.